The van der Waals surface area contributed by atoms with Crippen LogP contribution in [0.25, 0.3) is 22.6 Å². The van der Waals surface area contributed by atoms with Crippen LogP contribution in [-0.2, 0) is 22.6 Å². The molecule has 3 heterocycles. The number of aromatic nitrogens is 1. The maximum absolute atomic E-state index is 12.9. The van der Waals surface area contributed by atoms with E-state index in [0.717, 1.165) is 44.8 Å². The molecular formula is C42H34N2O6S. The molecule has 1 N–H and O–H groups in total. The van der Waals surface area contributed by atoms with Gasteiger partial charge in [-0.1, -0.05) is 133 Å². The van der Waals surface area contributed by atoms with E-state index in [1.54, 1.807) is 24.3 Å². The lowest BCUT2D eigenvalue weighted by atomic mass is 10.0. The minimum absolute atomic E-state index is 0.0318. The number of amides is 2. The van der Waals surface area contributed by atoms with Gasteiger partial charge in [0, 0.05) is 28.9 Å². The summed E-state index contributed by atoms with van der Waals surface area (Å²) in [5.41, 5.74) is 7.05. The molecule has 1 fully saturated rings. The van der Waals surface area contributed by atoms with Crippen LogP contribution in [0.3, 0.4) is 0 Å². The van der Waals surface area contributed by atoms with Crippen molar-refractivity contribution in [1.29, 1.82) is 0 Å². The van der Waals surface area contributed by atoms with Gasteiger partial charge in [-0.3, -0.25) is 14.5 Å². The maximum atomic E-state index is 12.9. The fourth-order valence-corrected chi connectivity index (χ4v) is 7.31. The van der Waals surface area contributed by atoms with Crippen molar-refractivity contribution >= 4 is 23.6 Å². The number of carbonyl (C=O) groups excluding carboxylic acids is 2. The van der Waals surface area contributed by atoms with E-state index in [1.165, 1.54) is 16.7 Å². The number of ether oxygens (including phenoxy) is 2. The van der Waals surface area contributed by atoms with Crippen molar-refractivity contribution in [3.8, 4) is 22.6 Å². The molecule has 8 rings (SSSR count). The Balaban J connectivity index is 1.02. The lowest BCUT2D eigenvalue weighted by Gasteiger charge is -2.36. The van der Waals surface area contributed by atoms with Gasteiger partial charge in [-0.25, -0.2) is 4.98 Å². The Kier molecular flexibility index (Phi) is 9.34. The lowest BCUT2D eigenvalue weighted by Crippen LogP contribution is -2.31. The normalized spacial score (nSPS) is 18.6. The molecule has 0 bridgehead atoms. The smallest absolute Gasteiger partial charge is 0.261 e. The number of fused-ring (bicyclic) bond motifs is 1. The van der Waals surface area contributed by atoms with Gasteiger partial charge >= 0.3 is 0 Å². The lowest BCUT2D eigenvalue weighted by molar-refractivity contribution is -0.245. The van der Waals surface area contributed by atoms with Crippen LogP contribution in [0.5, 0.6) is 0 Å². The molecule has 2 aliphatic heterocycles. The highest BCUT2D eigenvalue weighted by Gasteiger charge is 2.36. The number of imide groups is 1. The van der Waals surface area contributed by atoms with Gasteiger partial charge in [0.05, 0.1) is 36.5 Å². The van der Waals surface area contributed by atoms with Crippen molar-refractivity contribution in [1.82, 2.24) is 9.88 Å². The third kappa shape index (κ3) is 6.89. The predicted molar refractivity (Wildman–Crippen MR) is 194 cm³/mol. The highest BCUT2D eigenvalue weighted by atomic mass is 32.2. The molecule has 8 nitrogen and oxygen atoms in total. The summed E-state index contributed by atoms with van der Waals surface area (Å²) in [6, 6.07) is 42.4. The molecule has 254 valence electrons. The second-order valence-corrected chi connectivity index (χ2v) is 13.5. The average Bonchev–Trinajstić information content (AvgIpc) is 3.73. The minimum Gasteiger partial charge on any atom is -0.431 e. The minimum atomic E-state index is -0.662. The van der Waals surface area contributed by atoms with Gasteiger partial charge in [-0.2, -0.15) is 0 Å². The molecule has 0 spiro atoms. The maximum Gasteiger partial charge on any atom is 0.261 e. The van der Waals surface area contributed by atoms with E-state index in [9.17, 15) is 14.7 Å². The first-order chi connectivity index (χ1) is 25.0. The van der Waals surface area contributed by atoms with Crippen LogP contribution in [0.4, 0.5) is 0 Å². The molecule has 3 atom stereocenters. The van der Waals surface area contributed by atoms with Gasteiger partial charge in [-0.15, -0.1) is 0 Å². The fraction of sp³-hybridized carbons (Fsp3) is 0.167. The van der Waals surface area contributed by atoms with Gasteiger partial charge in [0.2, 0.25) is 0 Å². The first-order valence-corrected chi connectivity index (χ1v) is 17.8. The second-order valence-electron chi connectivity index (χ2n) is 12.5. The van der Waals surface area contributed by atoms with Gasteiger partial charge in [0.25, 0.3) is 17.0 Å². The van der Waals surface area contributed by atoms with Crippen LogP contribution in [-0.4, -0.2) is 38.7 Å². The summed E-state index contributed by atoms with van der Waals surface area (Å²) in [5.74, 6) is 0.725. The Hall–Kier alpha value is -5.32. The van der Waals surface area contributed by atoms with Crippen LogP contribution in [0.15, 0.2) is 143 Å². The zero-order chi connectivity index (χ0) is 34.7. The number of hydrogen-bond acceptors (Lipinski definition) is 8. The predicted octanol–water partition coefficient (Wildman–Crippen LogP) is 8.63. The zero-order valence-corrected chi connectivity index (χ0v) is 28.4. The molecule has 5 aromatic carbocycles. The van der Waals surface area contributed by atoms with Crippen molar-refractivity contribution in [2.24, 2.45) is 0 Å². The van der Waals surface area contributed by atoms with Crippen molar-refractivity contribution in [2.45, 2.75) is 43.3 Å². The van der Waals surface area contributed by atoms with Gasteiger partial charge in [0.1, 0.15) is 5.69 Å². The summed E-state index contributed by atoms with van der Waals surface area (Å²) < 4.78 is 19.5. The van der Waals surface area contributed by atoms with Gasteiger partial charge in [-0.05, 0) is 28.8 Å². The summed E-state index contributed by atoms with van der Waals surface area (Å²) in [5, 5.41) is 10.2. The second kappa shape index (κ2) is 14.5. The molecular weight excluding hydrogens is 661 g/mol. The Morgan fingerprint density at radius 1 is 0.686 bits per heavy atom. The summed E-state index contributed by atoms with van der Waals surface area (Å²) >= 11 is 1.51. The molecule has 1 saturated heterocycles. The van der Waals surface area contributed by atoms with E-state index in [-0.39, 0.29) is 37.2 Å². The summed E-state index contributed by atoms with van der Waals surface area (Å²) in [6.07, 6.45) is -0.520. The SMILES string of the molecule is O=C1c2ccccc2C(=O)N1Cc1ccc(C2OC(CSc3nc(-c4ccccc4)c(-c4ccccc4)o3)CC(c3ccc(CO)cc3)O2)cc1. The average molecular weight is 695 g/mol. The Labute approximate surface area is 299 Å². The summed E-state index contributed by atoms with van der Waals surface area (Å²) in [6.45, 7) is 0.139. The first-order valence-electron chi connectivity index (χ1n) is 16.8. The van der Waals surface area contributed by atoms with E-state index in [1.807, 2.05) is 109 Å². The van der Waals surface area contributed by atoms with Crippen LogP contribution >= 0.6 is 11.8 Å². The number of thioether (sulfide) groups is 1. The number of aliphatic hydroxyl groups excluding tert-OH is 1. The molecule has 6 aromatic rings. The summed E-state index contributed by atoms with van der Waals surface area (Å²) in [7, 11) is 0. The standard InChI is InChI=1S/C42H34N2O6S/c45-25-28-17-19-29(20-18-28)36-23-33(26-51-42-43-37(30-9-3-1-4-10-30)38(50-42)31-11-5-2-6-12-31)48-41(49-36)32-21-15-27(16-22-32)24-44-39(46)34-13-7-8-14-35(34)40(44)47/h1-22,33,36,41,45H,23-26H2. The number of rotatable bonds is 10. The number of aliphatic hydroxyl groups is 1. The number of nitrogens with zero attached hydrogens (tertiary/aromatic N) is 2. The molecule has 0 saturated carbocycles. The zero-order valence-electron chi connectivity index (χ0n) is 27.6. The third-order valence-electron chi connectivity index (χ3n) is 9.17. The molecule has 3 unspecified atom stereocenters. The third-order valence-corrected chi connectivity index (χ3v) is 10.1. The van der Waals surface area contributed by atoms with Crippen molar-refractivity contribution < 1.29 is 28.6 Å². The molecule has 0 radical (unpaired) electrons. The van der Waals surface area contributed by atoms with Crippen LogP contribution in [0.1, 0.15) is 61.8 Å². The van der Waals surface area contributed by atoms with Crippen molar-refractivity contribution in [3.05, 3.63) is 167 Å². The van der Waals surface area contributed by atoms with E-state index in [4.69, 9.17) is 18.9 Å². The number of benzene rings is 5. The molecule has 51 heavy (non-hydrogen) atoms. The van der Waals surface area contributed by atoms with E-state index in [0.29, 0.717) is 28.5 Å². The molecule has 0 aliphatic carbocycles. The Bertz CT molecular complexity index is 2060. The largest absolute Gasteiger partial charge is 0.431 e. The van der Waals surface area contributed by atoms with Gasteiger partial charge < -0.3 is 19.0 Å². The van der Waals surface area contributed by atoms with Crippen molar-refractivity contribution in [3.63, 3.8) is 0 Å². The molecule has 2 amide bonds. The highest BCUT2D eigenvalue weighted by molar-refractivity contribution is 7.99. The van der Waals surface area contributed by atoms with Crippen LogP contribution in [0, 0.1) is 0 Å². The fourth-order valence-electron chi connectivity index (χ4n) is 6.47. The number of oxazole rings is 1. The van der Waals surface area contributed by atoms with E-state index in [2.05, 4.69) is 0 Å². The first kappa shape index (κ1) is 32.9. The molecule has 9 heteroatoms. The summed E-state index contributed by atoms with van der Waals surface area (Å²) in [4.78, 5) is 32.1. The van der Waals surface area contributed by atoms with Crippen LogP contribution in [0.2, 0.25) is 0 Å². The highest BCUT2D eigenvalue weighted by Crippen LogP contribution is 2.41. The monoisotopic (exact) mass is 694 g/mol. The van der Waals surface area contributed by atoms with Gasteiger partial charge in [0.15, 0.2) is 12.1 Å². The van der Waals surface area contributed by atoms with E-state index >= 15 is 0 Å². The van der Waals surface area contributed by atoms with E-state index < -0.39 is 6.29 Å². The Morgan fingerprint density at radius 3 is 1.92 bits per heavy atom. The van der Waals surface area contributed by atoms with Crippen molar-refractivity contribution in [2.75, 3.05) is 5.75 Å². The number of hydrogen-bond donors (Lipinski definition) is 1. The Morgan fingerprint density at radius 2 is 1.27 bits per heavy atom. The molecule has 1 aromatic heterocycles. The van der Waals surface area contributed by atoms with Crippen LogP contribution < -0.4 is 0 Å². The molecule has 2 aliphatic rings. The topological polar surface area (TPSA) is 102 Å². The quantitative estimate of drug-likeness (QED) is 0.112. The number of carbonyl (C=O) groups is 2.